The maximum atomic E-state index is 13.0. The maximum absolute atomic E-state index is 13.0. The van der Waals surface area contributed by atoms with Crippen molar-refractivity contribution >= 4 is 17.3 Å². The molecule has 2 aromatic rings. The normalized spacial score (nSPS) is 11.8. The number of hydrogen-bond donors (Lipinski definition) is 2. The fourth-order valence-corrected chi connectivity index (χ4v) is 2.39. The molecule has 0 spiro atoms. The van der Waals surface area contributed by atoms with Crippen molar-refractivity contribution in [1.82, 2.24) is 0 Å². The molecule has 0 radical (unpaired) electrons. The van der Waals surface area contributed by atoms with Crippen molar-refractivity contribution in [3.05, 3.63) is 53.6 Å². The van der Waals surface area contributed by atoms with Gasteiger partial charge in [-0.05, 0) is 36.8 Å². The molecule has 0 aliphatic heterocycles. The van der Waals surface area contributed by atoms with Gasteiger partial charge >= 0.3 is 12.4 Å². The van der Waals surface area contributed by atoms with E-state index in [1.54, 1.807) is 0 Å². The van der Waals surface area contributed by atoms with Crippen LogP contribution in [0.2, 0.25) is 0 Å². The van der Waals surface area contributed by atoms with Gasteiger partial charge in [0.1, 0.15) is 5.75 Å². The molecule has 0 saturated heterocycles. The summed E-state index contributed by atoms with van der Waals surface area (Å²) in [5.74, 6) is -0.760. The lowest BCUT2D eigenvalue weighted by Crippen LogP contribution is -2.24. The molecule has 0 aliphatic carbocycles. The largest absolute Gasteiger partial charge is 0.491 e. The van der Waals surface area contributed by atoms with Crippen LogP contribution in [0, 0.1) is 0 Å². The van der Waals surface area contributed by atoms with Gasteiger partial charge < -0.3 is 15.4 Å². The van der Waals surface area contributed by atoms with E-state index in [4.69, 9.17) is 4.74 Å². The number of amides is 1. The van der Waals surface area contributed by atoms with Gasteiger partial charge in [-0.2, -0.15) is 26.3 Å². The summed E-state index contributed by atoms with van der Waals surface area (Å²) in [7, 11) is 0. The summed E-state index contributed by atoms with van der Waals surface area (Å²) in [5, 5.41) is 4.60. The number of carbonyl (C=O) groups excluding carboxylic acids is 1. The van der Waals surface area contributed by atoms with Crippen molar-refractivity contribution in [2.75, 3.05) is 23.8 Å². The summed E-state index contributed by atoms with van der Waals surface area (Å²) in [6.45, 7) is 1.49. The molecule has 2 aromatic carbocycles. The Morgan fingerprint density at radius 3 is 2.28 bits per heavy atom. The zero-order valence-corrected chi connectivity index (χ0v) is 15.2. The van der Waals surface area contributed by atoms with Crippen LogP contribution in [0.1, 0.15) is 24.5 Å². The van der Waals surface area contributed by atoms with Crippen LogP contribution < -0.4 is 15.4 Å². The van der Waals surface area contributed by atoms with Crippen LogP contribution in [0.5, 0.6) is 5.75 Å². The van der Waals surface area contributed by atoms with Gasteiger partial charge in [0.2, 0.25) is 5.91 Å². The Morgan fingerprint density at radius 2 is 1.66 bits per heavy atom. The predicted molar refractivity (Wildman–Crippen MR) is 95.8 cm³/mol. The Labute approximate surface area is 162 Å². The number of para-hydroxylation sites is 1. The number of ether oxygens (including phenoxy) is 1. The van der Waals surface area contributed by atoms with Crippen LogP contribution in [0.4, 0.5) is 37.7 Å². The highest BCUT2D eigenvalue weighted by Gasteiger charge is 2.34. The molecular weight excluding hydrogens is 402 g/mol. The molecular formula is C19H18F6N2O2. The molecule has 2 rings (SSSR count). The summed E-state index contributed by atoms with van der Waals surface area (Å²) >= 11 is 0. The van der Waals surface area contributed by atoms with Crippen LogP contribution in [0.3, 0.4) is 0 Å². The lowest BCUT2D eigenvalue weighted by Gasteiger charge is -2.16. The van der Waals surface area contributed by atoms with E-state index >= 15 is 0 Å². The van der Waals surface area contributed by atoms with E-state index < -0.39 is 41.6 Å². The van der Waals surface area contributed by atoms with Gasteiger partial charge in [0, 0.05) is 0 Å². The fraction of sp³-hybridized carbons (Fsp3) is 0.316. The second-order valence-corrected chi connectivity index (χ2v) is 6.00. The van der Waals surface area contributed by atoms with Crippen LogP contribution in [0.15, 0.2) is 42.5 Å². The predicted octanol–water partition coefficient (Wildman–Crippen LogP) is 5.56. The zero-order chi connectivity index (χ0) is 21.7. The lowest BCUT2D eigenvalue weighted by atomic mass is 10.1. The Hall–Kier alpha value is -2.91. The van der Waals surface area contributed by atoms with Gasteiger partial charge in [0.15, 0.2) is 0 Å². The number of halogens is 6. The van der Waals surface area contributed by atoms with Gasteiger partial charge in [0.25, 0.3) is 0 Å². The Bertz CT molecular complexity index is 849. The highest BCUT2D eigenvalue weighted by Crippen LogP contribution is 2.36. The van der Waals surface area contributed by atoms with E-state index in [0.29, 0.717) is 6.42 Å². The minimum Gasteiger partial charge on any atom is -0.491 e. The molecule has 0 bridgehead atoms. The third kappa shape index (κ3) is 6.30. The van der Waals surface area contributed by atoms with E-state index in [1.807, 2.05) is 6.92 Å². The first-order valence-corrected chi connectivity index (χ1v) is 8.56. The molecule has 29 heavy (non-hydrogen) atoms. The Balaban J connectivity index is 2.15. The van der Waals surface area contributed by atoms with Crippen molar-refractivity contribution < 1.29 is 35.9 Å². The molecule has 0 unspecified atom stereocenters. The minimum absolute atomic E-state index is 0.0902. The number of anilines is 2. The van der Waals surface area contributed by atoms with Crippen LogP contribution >= 0.6 is 0 Å². The van der Waals surface area contributed by atoms with E-state index in [-0.39, 0.29) is 18.0 Å². The van der Waals surface area contributed by atoms with E-state index in [2.05, 4.69) is 10.6 Å². The molecule has 1 amide bonds. The van der Waals surface area contributed by atoms with Gasteiger partial charge in [-0.15, -0.1) is 0 Å². The second kappa shape index (κ2) is 9.06. The van der Waals surface area contributed by atoms with E-state index in [9.17, 15) is 31.1 Å². The monoisotopic (exact) mass is 420 g/mol. The quantitative estimate of drug-likeness (QED) is 0.577. The van der Waals surface area contributed by atoms with E-state index in [0.717, 1.165) is 30.3 Å². The number of hydrogen-bond acceptors (Lipinski definition) is 3. The standard InChI is InChI=1S/C19H18F6N2O2/c1-2-9-29-16-8-7-12(18(20,21)22)10-15(16)26-11-17(28)27-14-6-4-3-5-13(14)19(23,24)25/h3-8,10,26H,2,9,11H2,1H3,(H,27,28). The topological polar surface area (TPSA) is 50.4 Å². The number of alkyl halides is 6. The van der Waals surface area contributed by atoms with Crippen molar-refractivity contribution in [1.29, 1.82) is 0 Å². The summed E-state index contributed by atoms with van der Waals surface area (Å²) in [4.78, 5) is 12.1. The summed E-state index contributed by atoms with van der Waals surface area (Å²) in [5.41, 5.74) is -2.52. The summed E-state index contributed by atoms with van der Waals surface area (Å²) < 4.78 is 83.1. The number of carbonyl (C=O) groups is 1. The van der Waals surface area contributed by atoms with Crippen molar-refractivity contribution in [2.45, 2.75) is 25.7 Å². The SMILES string of the molecule is CCCOc1ccc(C(F)(F)F)cc1NCC(=O)Nc1ccccc1C(F)(F)F. The van der Waals surface area contributed by atoms with Gasteiger partial charge in [0.05, 0.1) is 35.7 Å². The molecule has 0 atom stereocenters. The van der Waals surface area contributed by atoms with Crippen LogP contribution in [-0.4, -0.2) is 19.1 Å². The Kier molecular flexibility index (Phi) is 6.99. The molecule has 0 fully saturated rings. The Morgan fingerprint density at radius 1 is 0.966 bits per heavy atom. The molecule has 2 N–H and O–H groups in total. The van der Waals surface area contributed by atoms with Gasteiger partial charge in [-0.3, -0.25) is 4.79 Å². The van der Waals surface area contributed by atoms with Crippen LogP contribution in [0.25, 0.3) is 0 Å². The minimum atomic E-state index is -4.67. The van der Waals surface area contributed by atoms with Gasteiger partial charge in [-0.25, -0.2) is 0 Å². The van der Waals surface area contributed by atoms with Gasteiger partial charge in [-0.1, -0.05) is 19.1 Å². The molecule has 0 heterocycles. The van der Waals surface area contributed by atoms with E-state index in [1.165, 1.54) is 12.1 Å². The first kappa shape index (κ1) is 22.4. The average Bonchev–Trinajstić information content (AvgIpc) is 2.63. The number of rotatable bonds is 7. The summed E-state index contributed by atoms with van der Waals surface area (Å²) in [6, 6.07) is 7.14. The molecule has 0 saturated carbocycles. The highest BCUT2D eigenvalue weighted by atomic mass is 19.4. The number of benzene rings is 2. The van der Waals surface area contributed by atoms with Crippen molar-refractivity contribution in [3.63, 3.8) is 0 Å². The smallest absolute Gasteiger partial charge is 0.418 e. The molecule has 10 heteroatoms. The summed E-state index contributed by atoms with van der Waals surface area (Å²) in [6.07, 6.45) is -8.66. The first-order valence-electron chi connectivity index (χ1n) is 8.56. The maximum Gasteiger partial charge on any atom is 0.418 e. The first-order chi connectivity index (χ1) is 13.5. The lowest BCUT2D eigenvalue weighted by molar-refractivity contribution is -0.138. The molecule has 158 valence electrons. The van der Waals surface area contributed by atoms with Crippen molar-refractivity contribution in [3.8, 4) is 5.75 Å². The zero-order valence-electron chi connectivity index (χ0n) is 15.2. The average molecular weight is 420 g/mol. The third-order valence-corrected chi connectivity index (χ3v) is 3.71. The number of nitrogens with one attached hydrogen (secondary N) is 2. The fourth-order valence-electron chi connectivity index (χ4n) is 2.39. The third-order valence-electron chi connectivity index (χ3n) is 3.71. The second-order valence-electron chi connectivity index (χ2n) is 6.00. The van der Waals surface area contributed by atoms with Crippen molar-refractivity contribution in [2.24, 2.45) is 0 Å². The molecule has 4 nitrogen and oxygen atoms in total. The molecule has 0 aromatic heterocycles. The molecule has 0 aliphatic rings. The highest BCUT2D eigenvalue weighted by molar-refractivity contribution is 5.94. The van der Waals surface area contributed by atoms with Crippen LogP contribution in [-0.2, 0) is 17.1 Å².